The highest BCUT2D eigenvalue weighted by Crippen LogP contribution is 2.39. The standard InChI is InChI=1S/C11H19O7P.C10H16O6/c1-7(12)6-16-10(13)8(2)17-11(14)9(3)18-19(4,5)15;1-6(11)5-15-9(12)8(3)16-10(13)7(2)14-4/h8-9H,6H2,1-5H3;7-8H,5H2,1-4H3/t8-,9+;7-,8+/m11/s1. The molecule has 0 N–H and O–H groups in total. The molecule has 202 valence electrons. The fourth-order valence-electron chi connectivity index (χ4n) is 1.74. The Bertz CT molecular complexity index is 801. The molecule has 0 aliphatic heterocycles. The summed E-state index contributed by atoms with van der Waals surface area (Å²) in [5.41, 5.74) is 0. The molecule has 0 saturated heterocycles. The smallest absolute Gasteiger partial charge is 0.347 e. The van der Waals surface area contributed by atoms with Gasteiger partial charge in [0.15, 0.2) is 43.4 Å². The quantitative estimate of drug-likeness (QED) is 0.189. The second kappa shape index (κ2) is 16.9. The van der Waals surface area contributed by atoms with E-state index in [1.54, 1.807) is 0 Å². The number of ketones is 2. The normalized spacial score (nSPS) is 14.1. The number of Topliss-reactive ketones (excluding diaryl/α,β-unsaturated/α-hetero) is 2. The first-order valence-corrected chi connectivity index (χ1v) is 12.9. The maximum atomic E-state index is 11.5. The maximum absolute atomic E-state index is 11.5. The Balaban J connectivity index is 0. The molecule has 0 radical (unpaired) electrons. The topological polar surface area (TPSA) is 175 Å². The third-order valence-corrected chi connectivity index (χ3v) is 4.34. The second-order valence-electron chi connectivity index (χ2n) is 7.66. The molecule has 4 atom stereocenters. The molecule has 0 aromatic heterocycles. The minimum atomic E-state index is -2.83. The van der Waals surface area contributed by atoms with E-state index < -0.39 is 55.7 Å². The Morgan fingerprint density at radius 3 is 1.26 bits per heavy atom. The molecule has 35 heavy (non-hydrogen) atoms. The summed E-state index contributed by atoms with van der Waals surface area (Å²) in [4.78, 5) is 66.4. The van der Waals surface area contributed by atoms with Crippen molar-refractivity contribution in [3.8, 4) is 0 Å². The SMILES string of the molecule is CC(=O)COC(=O)[C@@H](C)OC(=O)[C@H](C)OP(C)(C)=O.CO[C@H](C)C(=O)O[C@@H](C)C(=O)OCC(C)=O. The van der Waals surface area contributed by atoms with Gasteiger partial charge in [-0.05, 0) is 41.5 Å². The molecule has 0 saturated carbocycles. The highest BCUT2D eigenvalue weighted by molar-refractivity contribution is 7.57. The van der Waals surface area contributed by atoms with Gasteiger partial charge in [0.1, 0.15) is 13.2 Å². The van der Waals surface area contributed by atoms with Gasteiger partial charge in [0, 0.05) is 20.4 Å². The molecular formula is C21H35O13P. The van der Waals surface area contributed by atoms with Crippen molar-refractivity contribution in [1.82, 2.24) is 0 Å². The first-order chi connectivity index (χ1) is 15.9. The Hall–Kier alpha value is -2.63. The zero-order valence-electron chi connectivity index (χ0n) is 21.5. The molecule has 0 bridgehead atoms. The van der Waals surface area contributed by atoms with Crippen LogP contribution in [0.25, 0.3) is 0 Å². The fraction of sp³-hybridized carbons (Fsp3) is 0.714. The molecule has 0 fully saturated rings. The molecule has 0 aromatic rings. The van der Waals surface area contributed by atoms with Crippen LogP contribution in [0.3, 0.4) is 0 Å². The number of hydrogen-bond donors (Lipinski definition) is 0. The number of rotatable bonds is 13. The molecule has 0 aromatic carbocycles. The van der Waals surface area contributed by atoms with E-state index in [-0.39, 0.29) is 24.8 Å². The van der Waals surface area contributed by atoms with Gasteiger partial charge in [0.05, 0.1) is 0 Å². The van der Waals surface area contributed by atoms with E-state index >= 15 is 0 Å². The lowest BCUT2D eigenvalue weighted by Gasteiger charge is -2.17. The van der Waals surface area contributed by atoms with Crippen LogP contribution < -0.4 is 0 Å². The number of hydrogen-bond acceptors (Lipinski definition) is 13. The molecule has 14 heteroatoms. The maximum Gasteiger partial charge on any atom is 0.347 e. The van der Waals surface area contributed by atoms with Crippen molar-refractivity contribution in [1.29, 1.82) is 0 Å². The Labute approximate surface area is 204 Å². The van der Waals surface area contributed by atoms with Crippen LogP contribution >= 0.6 is 7.37 Å². The van der Waals surface area contributed by atoms with Crippen molar-refractivity contribution in [2.24, 2.45) is 0 Å². The lowest BCUT2D eigenvalue weighted by molar-refractivity contribution is -0.172. The number of esters is 4. The number of ether oxygens (including phenoxy) is 5. The fourth-order valence-corrected chi connectivity index (χ4v) is 2.58. The van der Waals surface area contributed by atoms with Crippen molar-refractivity contribution < 1.29 is 61.5 Å². The minimum Gasteiger partial charge on any atom is -0.455 e. The van der Waals surface area contributed by atoms with Crippen LogP contribution in [0.2, 0.25) is 0 Å². The van der Waals surface area contributed by atoms with Crippen LogP contribution in [0.15, 0.2) is 0 Å². The van der Waals surface area contributed by atoms with Crippen LogP contribution in [0.1, 0.15) is 41.5 Å². The van der Waals surface area contributed by atoms with Crippen LogP contribution in [0.4, 0.5) is 0 Å². The molecule has 0 aliphatic carbocycles. The Kier molecular flexibility index (Phi) is 16.7. The summed E-state index contributed by atoms with van der Waals surface area (Å²) < 4.78 is 39.7. The molecule has 0 spiro atoms. The Morgan fingerprint density at radius 1 is 0.629 bits per heavy atom. The van der Waals surface area contributed by atoms with Crippen molar-refractivity contribution in [3.05, 3.63) is 0 Å². The van der Waals surface area contributed by atoms with Crippen LogP contribution in [-0.2, 0) is 61.5 Å². The van der Waals surface area contributed by atoms with Gasteiger partial charge in [0.25, 0.3) is 0 Å². The van der Waals surface area contributed by atoms with E-state index in [1.165, 1.54) is 62.0 Å². The molecule has 13 nitrogen and oxygen atoms in total. The monoisotopic (exact) mass is 526 g/mol. The second-order valence-corrected chi connectivity index (χ2v) is 10.4. The highest BCUT2D eigenvalue weighted by Gasteiger charge is 2.26. The predicted molar refractivity (Wildman–Crippen MR) is 121 cm³/mol. The van der Waals surface area contributed by atoms with E-state index in [1.807, 2.05) is 0 Å². The molecule has 0 heterocycles. The first kappa shape index (κ1) is 34.5. The van der Waals surface area contributed by atoms with E-state index in [4.69, 9.17) is 18.7 Å². The summed E-state index contributed by atoms with van der Waals surface area (Å²) in [7, 11) is -1.48. The summed E-state index contributed by atoms with van der Waals surface area (Å²) in [6, 6.07) is 0. The van der Waals surface area contributed by atoms with Gasteiger partial charge in [0.2, 0.25) is 0 Å². The number of methoxy groups -OCH3 is 1. The van der Waals surface area contributed by atoms with Crippen LogP contribution in [0, 0.1) is 0 Å². The third-order valence-electron chi connectivity index (χ3n) is 3.51. The summed E-state index contributed by atoms with van der Waals surface area (Å²) in [5.74, 6) is -3.66. The van der Waals surface area contributed by atoms with Gasteiger partial charge in [-0.2, -0.15) is 0 Å². The van der Waals surface area contributed by atoms with Gasteiger partial charge in [-0.15, -0.1) is 0 Å². The molecular weight excluding hydrogens is 491 g/mol. The van der Waals surface area contributed by atoms with Gasteiger partial charge in [-0.25, -0.2) is 19.2 Å². The molecule has 0 aliphatic rings. The van der Waals surface area contributed by atoms with E-state index in [9.17, 15) is 33.3 Å². The zero-order valence-corrected chi connectivity index (χ0v) is 22.4. The summed E-state index contributed by atoms with van der Waals surface area (Å²) >= 11 is 0. The number of carbonyl (C=O) groups excluding carboxylic acids is 6. The third kappa shape index (κ3) is 18.4. The van der Waals surface area contributed by atoms with Gasteiger partial charge >= 0.3 is 23.9 Å². The predicted octanol–water partition coefficient (Wildman–Crippen LogP) is 1.08. The summed E-state index contributed by atoms with van der Waals surface area (Å²) in [6.07, 6.45) is -4.01. The van der Waals surface area contributed by atoms with Crippen molar-refractivity contribution in [3.63, 3.8) is 0 Å². The van der Waals surface area contributed by atoms with E-state index in [2.05, 4.69) is 9.47 Å². The first-order valence-electron chi connectivity index (χ1n) is 10.4. The largest absolute Gasteiger partial charge is 0.455 e. The molecule has 0 amide bonds. The van der Waals surface area contributed by atoms with Gasteiger partial charge in [-0.1, -0.05) is 0 Å². The highest BCUT2D eigenvalue weighted by atomic mass is 31.2. The average Bonchev–Trinajstić information content (AvgIpc) is 2.73. The zero-order chi connectivity index (χ0) is 27.9. The lowest BCUT2D eigenvalue weighted by Crippen LogP contribution is -2.32. The number of carbonyl (C=O) groups is 6. The summed E-state index contributed by atoms with van der Waals surface area (Å²) in [5, 5.41) is 0. The lowest BCUT2D eigenvalue weighted by atomic mass is 10.3. The van der Waals surface area contributed by atoms with Crippen molar-refractivity contribution in [2.75, 3.05) is 33.7 Å². The Morgan fingerprint density at radius 2 is 0.971 bits per heavy atom. The van der Waals surface area contributed by atoms with Crippen LogP contribution in [-0.4, -0.2) is 93.5 Å². The van der Waals surface area contributed by atoms with Crippen molar-refractivity contribution in [2.45, 2.75) is 66.0 Å². The van der Waals surface area contributed by atoms with Gasteiger partial charge in [-0.3, -0.25) is 14.2 Å². The van der Waals surface area contributed by atoms with E-state index in [0.29, 0.717) is 0 Å². The minimum absolute atomic E-state index is 0.280. The summed E-state index contributed by atoms with van der Waals surface area (Å²) in [6.45, 7) is 10.1. The van der Waals surface area contributed by atoms with Crippen LogP contribution in [0.5, 0.6) is 0 Å². The van der Waals surface area contributed by atoms with Crippen molar-refractivity contribution >= 4 is 42.8 Å². The molecule has 0 rings (SSSR count). The van der Waals surface area contributed by atoms with Gasteiger partial charge < -0.3 is 28.2 Å². The average molecular weight is 526 g/mol. The van der Waals surface area contributed by atoms with E-state index in [0.717, 1.165) is 0 Å². The molecule has 0 unspecified atom stereocenters.